The van der Waals surface area contributed by atoms with Gasteiger partial charge in [-0.25, -0.2) is 13.4 Å². The maximum absolute atomic E-state index is 12.4. The summed E-state index contributed by atoms with van der Waals surface area (Å²) in [5, 5.41) is 0. The molecule has 5 nitrogen and oxygen atoms in total. The Labute approximate surface area is 123 Å². The van der Waals surface area contributed by atoms with Gasteiger partial charge in [-0.3, -0.25) is 4.72 Å². The molecule has 0 amide bonds. The Morgan fingerprint density at radius 3 is 2.52 bits per heavy atom. The predicted octanol–water partition coefficient (Wildman–Crippen LogP) is 2.68. The maximum Gasteiger partial charge on any atom is 0.261 e. The van der Waals surface area contributed by atoms with Crippen molar-refractivity contribution in [2.24, 2.45) is 7.05 Å². The number of para-hydroxylation sites is 1. The van der Waals surface area contributed by atoms with Gasteiger partial charge in [0, 0.05) is 12.7 Å². The Hall–Kier alpha value is -2.34. The van der Waals surface area contributed by atoms with Crippen molar-refractivity contribution in [2.75, 3.05) is 4.72 Å². The smallest absolute Gasteiger partial charge is 0.261 e. The zero-order chi connectivity index (χ0) is 15.0. The van der Waals surface area contributed by atoms with Crippen molar-refractivity contribution in [3.05, 3.63) is 54.4 Å². The summed E-state index contributed by atoms with van der Waals surface area (Å²) in [6.07, 6.45) is 0. The van der Waals surface area contributed by atoms with Crippen molar-refractivity contribution in [2.45, 2.75) is 11.8 Å². The minimum atomic E-state index is -3.61. The van der Waals surface area contributed by atoms with E-state index in [9.17, 15) is 8.42 Å². The molecule has 21 heavy (non-hydrogen) atoms. The lowest BCUT2D eigenvalue weighted by molar-refractivity contribution is 0.601. The third-order valence-electron chi connectivity index (χ3n) is 3.41. The molecule has 0 radical (unpaired) electrons. The van der Waals surface area contributed by atoms with Crippen molar-refractivity contribution >= 4 is 26.7 Å². The summed E-state index contributed by atoms with van der Waals surface area (Å²) in [6.45, 7) is 1.89. The second-order valence-corrected chi connectivity index (χ2v) is 6.52. The number of nitrogens with zero attached hydrogens (tertiary/aromatic N) is 2. The van der Waals surface area contributed by atoms with Gasteiger partial charge in [-0.1, -0.05) is 18.2 Å². The molecule has 3 rings (SSSR count). The van der Waals surface area contributed by atoms with Gasteiger partial charge in [-0.15, -0.1) is 0 Å². The van der Waals surface area contributed by atoms with Crippen molar-refractivity contribution in [1.82, 2.24) is 9.55 Å². The quantitative estimate of drug-likeness (QED) is 0.809. The van der Waals surface area contributed by atoms with Crippen molar-refractivity contribution in [1.29, 1.82) is 0 Å². The van der Waals surface area contributed by atoms with Crippen molar-refractivity contribution in [3.8, 4) is 0 Å². The van der Waals surface area contributed by atoms with E-state index in [2.05, 4.69) is 9.71 Å². The topological polar surface area (TPSA) is 64.0 Å². The molecular formula is C15H15N3O2S. The first-order valence-electron chi connectivity index (χ1n) is 6.48. The molecule has 3 aromatic rings. The van der Waals surface area contributed by atoms with Crippen LogP contribution in [-0.2, 0) is 17.1 Å². The number of fused-ring (bicyclic) bond motifs is 1. The highest BCUT2D eigenvalue weighted by Gasteiger charge is 2.16. The number of aromatic nitrogens is 2. The largest absolute Gasteiger partial charge is 0.331 e. The van der Waals surface area contributed by atoms with E-state index in [-0.39, 0.29) is 4.90 Å². The monoisotopic (exact) mass is 301 g/mol. The van der Waals surface area contributed by atoms with E-state index in [0.29, 0.717) is 11.2 Å². The van der Waals surface area contributed by atoms with Crippen LogP contribution in [0.15, 0.2) is 53.4 Å². The van der Waals surface area contributed by atoms with Crippen LogP contribution in [0.2, 0.25) is 0 Å². The summed E-state index contributed by atoms with van der Waals surface area (Å²) in [4.78, 5) is 4.57. The molecule has 0 saturated heterocycles. The number of hydrogen-bond acceptors (Lipinski definition) is 3. The fraction of sp³-hybridized carbons (Fsp3) is 0.133. The first kappa shape index (κ1) is 13.6. The van der Waals surface area contributed by atoms with E-state index in [1.54, 1.807) is 42.5 Å². The Balaban J connectivity index is 2.03. The van der Waals surface area contributed by atoms with Gasteiger partial charge in [0.05, 0.1) is 15.9 Å². The Morgan fingerprint density at radius 1 is 1.10 bits per heavy atom. The maximum atomic E-state index is 12.4. The summed E-state index contributed by atoms with van der Waals surface area (Å²) in [7, 11) is -1.70. The molecule has 0 saturated carbocycles. The Bertz CT molecular complexity index is 899. The molecule has 1 heterocycles. The minimum absolute atomic E-state index is 0.206. The molecule has 0 atom stereocenters. The number of rotatable bonds is 3. The lowest BCUT2D eigenvalue weighted by Gasteiger charge is -2.08. The van der Waals surface area contributed by atoms with Crippen molar-refractivity contribution in [3.63, 3.8) is 0 Å². The average molecular weight is 301 g/mol. The number of aryl methyl sites for hydroxylation is 2. The van der Waals surface area contributed by atoms with Gasteiger partial charge >= 0.3 is 0 Å². The fourth-order valence-corrected chi connectivity index (χ4v) is 3.27. The summed E-state index contributed by atoms with van der Waals surface area (Å²) in [5.74, 6) is 0.843. The molecule has 0 aliphatic carbocycles. The van der Waals surface area contributed by atoms with E-state index in [4.69, 9.17) is 0 Å². The lowest BCUT2D eigenvalue weighted by Crippen LogP contribution is -2.12. The van der Waals surface area contributed by atoms with Gasteiger partial charge < -0.3 is 4.57 Å². The van der Waals surface area contributed by atoms with Crippen LogP contribution in [0.3, 0.4) is 0 Å². The van der Waals surface area contributed by atoms with Crippen LogP contribution in [0.1, 0.15) is 5.82 Å². The van der Waals surface area contributed by atoms with Crippen LogP contribution in [-0.4, -0.2) is 18.0 Å². The third-order valence-corrected chi connectivity index (χ3v) is 4.79. The SMILES string of the molecule is Cc1nc2cc(S(=O)(=O)Nc3ccccc3)ccc2n1C. The lowest BCUT2D eigenvalue weighted by atomic mass is 10.3. The summed E-state index contributed by atoms with van der Waals surface area (Å²) >= 11 is 0. The molecule has 1 N–H and O–H groups in total. The molecule has 2 aromatic carbocycles. The molecular weight excluding hydrogens is 286 g/mol. The van der Waals surface area contributed by atoms with Crippen LogP contribution < -0.4 is 4.72 Å². The average Bonchev–Trinajstić information content (AvgIpc) is 2.74. The van der Waals surface area contributed by atoms with Gasteiger partial charge in [0.25, 0.3) is 10.0 Å². The highest BCUT2D eigenvalue weighted by molar-refractivity contribution is 7.92. The zero-order valence-electron chi connectivity index (χ0n) is 11.7. The highest BCUT2D eigenvalue weighted by atomic mass is 32.2. The molecule has 1 aromatic heterocycles. The molecule has 0 bridgehead atoms. The Kier molecular flexibility index (Phi) is 3.17. The van der Waals surface area contributed by atoms with E-state index in [1.165, 1.54) is 0 Å². The molecule has 108 valence electrons. The minimum Gasteiger partial charge on any atom is -0.331 e. The van der Waals surface area contributed by atoms with Gasteiger partial charge in [0.1, 0.15) is 5.82 Å². The van der Waals surface area contributed by atoms with Crippen LogP contribution in [0.25, 0.3) is 11.0 Å². The second kappa shape index (κ2) is 4.89. The number of sulfonamides is 1. The van der Waals surface area contributed by atoms with E-state index in [1.807, 2.05) is 24.6 Å². The fourth-order valence-electron chi connectivity index (χ4n) is 2.19. The number of anilines is 1. The van der Waals surface area contributed by atoms with Gasteiger partial charge in [0.2, 0.25) is 0 Å². The first-order valence-corrected chi connectivity index (χ1v) is 7.97. The standard InChI is InChI=1S/C15H15N3O2S/c1-11-16-14-10-13(8-9-15(14)18(11)2)21(19,20)17-12-6-4-3-5-7-12/h3-10,17H,1-2H3. The van der Waals surface area contributed by atoms with E-state index < -0.39 is 10.0 Å². The first-order chi connectivity index (χ1) is 9.97. The van der Waals surface area contributed by atoms with Crippen LogP contribution in [0, 0.1) is 6.92 Å². The highest BCUT2D eigenvalue weighted by Crippen LogP contribution is 2.21. The van der Waals surface area contributed by atoms with E-state index in [0.717, 1.165) is 11.3 Å². The predicted molar refractivity (Wildman–Crippen MR) is 82.7 cm³/mol. The Morgan fingerprint density at radius 2 is 1.81 bits per heavy atom. The van der Waals surface area contributed by atoms with Gasteiger partial charge in [-0.05, 0) is 37.3 Å². The van der Waals surface area contributed by atoms with Crippen LogP contribution >= 0.6 is 0 Å². The van der Waals surface area contributed by atoms with Crippen LogP contribution in [0.4, 0.5) is 5.69 Å². The molecule has 0 unspecified atom stereocenters. The zero-order valence-corrected chi connectivity index (χ0v) is 12.6. The summed E-state index contributed by atoms with van der Waals surface area (Å²) < 4.78 is 29.3. The normalized spacial score (nSPS) is 11.7. The van der Waals surface area contributed by atoms with Crippen LogP contribution in [0.5, 0.6) is 0 Å². The summed E-state index contributed by atoms with van der Waals surface area (Å²) in [5.41, 5.74) is 2.12. The van der Waals surface area contributed by atoms with Gasteiger partial charge in [0.15, 0.2) is 0 Å². The van der Waals surface area contributed by atoms with Gasteiger partial charge in [-0.2, -0.15) is 0 Å². The second-order valence-electron chi connectivity index (χ2n) is 4.84. The number of benzene rings is 2. The summed E-state index contributed by atoms with van der Waals surface area (Å²) in [6, 6.07) is 13.8. The molecule has 0 aliphatic rings. The number of hydrogen-bond donors (Lipinski definition) is 1. The molecule has 0 aliphatic heterocycles. The molecule has 6 heteroatoms. The molecule has 0 spiro atoms. The van der Waals surface area contributed by atoms with Crippen molar-refractivity contribution < 1.29 is 8.42 Å². The number of imidazole rings is 1. The van der Waals surface area contributed by atoms with E-state index >= 15 is 0 Å². The third kappa shape index (κ3) is 2.50. The molecule has 0 fully saturated rings. The number of nitrogens with one attached hydrogen (secondary N) is 1.